The first-order valence-electron chi connectivity index (χ1n) is 5.59. The average molecular weight is 230 g/mol. The van der Waals surface area contributed by atoms with E-state index in [1.54, 1.807) is 0 Å². The van der Waals surface area contributed by atoms with Crippen LogP contribution in [0.4, 0.5) is 0 Å². The minimum absolute atomic E-state index is 0.645. The molecule has 3 heteroatoms. The van der Waals surface area contributed by atoms with Gasteiger partial charge in [0.15, 0.2) is 0 Å². The molecule has 3 nitrogen and oxygen atoms in total. The minimum Gasteiger partial charge on any atom is -0.376 e. The summed E-state index contributed by atoms with van der Waals surface area (Å²) in [7, 11) is 0. The van der Waals surface area contributed by atoms with Crippen molar-refractivity contribution in [2.24, 2.45) is 5.73 Å². The molecule has 0 saturated heterocycles. The first-order valence-corrected chi connectivity index (χ1v) is 5.59. The largest absolute Gasteiger partial charge is 0.376 e. The van der Waals surface area contributed by atoms with Gasteiger partial charge in [-0.25, -0.2) is 0 Å². The van der Waals surface area contributed by atoms with E-state index in [1.165, 1.54) is 0 Å². The van der Waals surface area contributed by atoms with E-state index >= 15 is 0 Å². The Bertz CT molecular complexity index is 390. The lowest BCUT2D eigenvalue weighted by atomic mass is 10.1. The quantitative estimate of drug-likeness (QED) is 0.503. The molecular formula is C14H18N2O. The van der Waals surface area contributed by atoms with Crippen molar-refractivity contribution in [3.63, 3.8) is 0 Å². The Morgan fingerprint density at radius 3 is 2.71 bits per heavy atom. The van der Waals surface area contributed by atoms with Crippen LogP contribution < -0.4 is 11.1 Å². The van der Waals surface area contributed by atoms with E-state index in [9.17, 15) is 5.11 Å². The maximum Gasteiger partial charge on any atom is 0.139 e. The average Bonchev–Trinajstić information content (AvgIpc) is 2.38. The smallest absolute Gasteiger partial charge is 0.139 e. The van der Waals surface area contributed by atoms with Crippen LogP contribution in [-0.4, -0.2) is 24.7 Å². The van der Waals surface area contributed by atoms with E-state index in [4.69, 9.17) is 12.2 Å². The van der Waals surface area contributed by atoms with Crippen LogP contribution in [0.2, 0.25) is 0 Å². The van der Waals surface area contributed by atoms with Crippen molar-refractivity contribution in [2.45, 2.75) is 6.10 Å². The number of benzene rings is 1. The zero-order valence-electron chi connectivity index (χ0n) is 9.76. The second-order valence-corrected chi connectivity index (χ2v) is 3.63. The predicted molar refractivity (Wildman–Crippen MR) is 71.2 cm³/mol. The van der Waals surface area contributed by atoms with Crippen LogP contribution in [0.1, 0.15) is 17.2 Å². The number of aliphatic hydroxyl groups is 1. The monoisotopic (exact) mass is 230 g/mol. The molecule has 0 heterocycles. The molecule has 0 aliphatic rings. The van der Waals surface area contributed by atoms with Gasteiger partial charge in [-0.3, -0.25) is 0 Å². The fourth-order valence-electron chi connectivity index (χ4n) is 1.37. The number of hydrogen-bond acceptors (Lipinski definition) is 3. The van der Waals surface area contributed by atoms with Gasteiger partial charge in [0.2, 0.25) is 0 Å². The summed E-state index contributed by atoms with van der Waals surface area (Å²) in [4.78, 5) is 0. The first-order chi connectivity index (χ1) is 8.27. The van der Waals surface area contributed by atoms with Gasteiger partial charge in [0.25, 0.3) is 0 Å². The normalized spacial score (nSPS) is 12.5. The Labute approximate surface area is 102 Å². The Morgan fingerprint density at radius 2 is 2.12 bits per heavy atom. The molecule has 0 radical (unpaired) electrons. The molecule has 1 aromatic rings. The number of rotatable bonds is 6. The van der Waals surface area contributed by atoms with Gasteiger partial charge in [-0.15, -0.1) is 6.42 Å². The molecule has 0 saturated carbocycles. The van der Waals surface area contributed by atoms with Crippen molar-refractivity contribution < 1.29 is 5.11 Å². The topological polar surface area (TPSA) is 58.3 Å². The molecule has 4 N–H and O–H groups in total. The van der Waals surface area contributed by atoms with Crippen LogP contribution in [-0.2, 0) is 0 Å². The number of nitrogens with two attached hydrogens (primary N) is 1. The lowest BCUT2D eigenvalue weighted by Gasteiger charge is -2.03. The Kier molecular flexibility index (Phi) is 6.05. The lowest BCUT2D eigenvalue weighted by molar-refractivity contribution is 0.238. The molecule has 1 unspecified atom stereocenters. The second kappa shape index (κ2) is 7.64. The highest BCUT2D eigenvalue weighted by Crippen LogP contribution is 2.13. The van der Waals surface area contributed by atoms with Crippen LogP contribution in [0.5, 0.6) is 0 Å². The van der Waals surface area contributed by atoms with Gasteiger partial charge in [-0.1, -0.05) is 42.3 Å². The van der Waals surface area contributed by atoms with Gasteiger partial charge >= 0.3 is 0 Å². The van der Waals surface area contributed by atoms with Crippen molar-refractivity contribution in [3.8, 4) is 12.3 Å². The summed E-state index contributed by atoms with van der Waals surface area (Å²) < 4.78 is 0. The molecule has 0 aliphatic heterocycles. The molecule has 90 valence electrons. The number of terminal acetylenes is 1. The van der Waals surface area contributed by atoms with E-state index < -0.39 is 6.10 Å². The molecule has 0 aliphatic carbocycles. The van der Waals surface area contributed by atoms with E-state index in [0.717, 1.165) is 24.2 Å². The summed E-state index contributed by atoms with van der Waals surface area (Å²) in [6.07, 6.45) is 8.36. The third kappa shape index (κ3) is 4.83. The van der Waals surface area contributed by atoms with Crippen molar-refractivity contribution in [3.05, 3.63) is 41.5 Å². The zero-order chi connectivity index (χ0) is 12.5. The summed E-state index contributed by atoms with van der Waals surface area (Å²) in [5.41, 5.74) is 7.17. The lowest BCUT2D eigenvalue weighted by Crippen LogP contribution is -2.22. The second-order valence-electron chi connectivity index (χ2n) is 3.63. The third-order valence-electron chi connectivity index (χ3n) is 2.30. The highest BCUT2D eigenvalue weighted by Gasteiger charge is 2.01. The molecule has 0 spiro atoms. The maximum absolute atomic E-state index is 9.42. The first kappa shape index (κ1) is 13.5. The van der Waals surface area contributed by atoms with Gasteiger partial charge in [0, 0.05) is 19.6 Å². The predicted octanol–water partition coefficient (Wildman–Crippen LogP) is 0.915. The fourth-order valence-corrected chi connectivity index (χ4v) is 1.37. The highest BCUT2D eigenvalue weighted by molar-refractivity contribution is 5.50. The van der Waals surface area contributed by atoms with Crippen LogP contribution in [0.15, 0.2) is 30.3 Å². The molecule has 0 bridgehead atoms. The summed E-state index contributed by atoms with van der Waals surface area (Å²) in [5.74, 6) is 2.28. The summed E-state index contributed by atoms with van der Waals surface area (Å²) in [6.45, 7) is 2.26. The summed E-state index contributed by atoms with van der Waals surface area (Å²) >= 11 is 0. The Morgan fingerprint density at radius 1 is 1.41 bits per heavy atom. The van der Waals surface area contributed by atoms with Gasteiger partial charge in [-0.2, -0.15) is 0 Å². The maximum atomic E-state index is 9.42. The minimum atomic E-state index is -0.820. The van der Waals surface area contributed by atoms with E-state index in [0.29, 0.717) is 6.54 Å². The van der Waals surface area contributed by atoms with Crippen LogP contribution in [0.25, 0.3) is 6.08 Å². The molecule has 1 rings (SSSR count). The molecule has 0 fully saturated rings. The Hall–Kier alpha value is -1.60. The number of aliphatic hydroxyl groups excluding tert-OH is 1. The number of hydrogen-bond donors (Lipinski definition) is 3. The molecule has 0 aromatic heterocycles. The van der Waals surface area contributed by atoms with Crippen LogP contribution >= 0.6 is 0 Å². The third-order valence-corrected chi connectivity index (χ3v) is 2.30. The van der Waals surface area contributed by atoms with Crippen LogP contribution in [0, 0.1) is 12.3 Å². The van der Waals surface area contributed by atoms with E-state index in [1.807, 2.05) is 36.4 Å². The summed E-state index contributed by atoms with van der Waals surface area (Å²) in [6, 6.07) is 7.51. The van der Waals surface area contributed by atoms with Gasteiger partial charge in [0.05, 0.1) is 0 Å². The van der Waals surface area contributed by atoms with Crippen molar-refractivity contribution in [2.75, 3.05) is 19.6 Å². The zero-order valence-corrected chi connectivity index (χ0v) is 9.76. The molecule has 17 heavy (non-hydrogen) atoms. The van der Waals surface area contributed by atoms with Gasteiger partial charge < -0.3 is 16.2 Å². The standard InChI is InChI=1S/C14H18N2O/c1-2-14(17)13-7-5-12(6-8-13)4-3-10-16-11-9-15/h1,3-8,14,16-17H,9-11,15H2/b4-3+. The number of nitrogens with one attached hydrogen (secondary N) is 1. The van der Waals surface area contributed by atoms with E-state index in [-0.39, 0.29) is 0 Å². The molecule has 0 amide bonds. The van der Waals surface area contributed by atoms with Crippen molar-refractivity contribution in [1.29, 1.82) is 0 Å². The Balaban J connectivity index is 2.48. The van der Waals surface area contributed by atoms with E-state index in [2.05, 4.69) is 11.2 Å². The van der Waals surface area contributed by atoms with Gasteiger partial charge in [-0.05, 0) is 11.1 Å². The van der Waals surface area contributed by atoms with Crippen molar-refractivity contribution in [1.82, 2.24) is 5.32 Å². The molecule has 1 atom stereocenters. The summed E-state index contributed by atoms with van der Waals surface area (Å²) in [5, 5.41) is 12.6. The molecular weight excluding hydrogens is 212 g/mol. The van der Waals surface area contributed by atoms with Crippen LogP contribution in [0.3, 0.4) is 0 Å². The molecule has 1 aromatic carbocycles. The SMILES string of the molecule is C#CC(O)c1ccc(/C=C/CNCCN)cc1. The van der Waals surface area contributed by atoms with Gasteiger partial charge in [0.1, 0.15) is 6.10 Å². The highest BCUT2D eigenvalue weighted by atomic mass is 16.3. The van der Waals surface area contributed by atoms with Crippen molar-refractivity contribution >= 4 is 6.08 Å². The fraction of sp³-hybridized carbons (Fsp3) is 0.286.